The maximum absolute atomic E-state index is 12.4. The number of thiazole rings is 1. The van der Waals surface area contributed by atoms with Crippen molar-refractivity contribution in [1.82, 2.24) is 15.2 Å². The molecule has 2 heterocycles. The number of para-hydroxylation sites is 1. The summed E-state index contributed by atoms with van der Waals surface area (Å²) in [5.74, 6) is 1.59. The van der Waals surface area contributed by atoms with E-state index in [2.05, 4.69) is 15.2 Å². The van der Waals surface area contributed by atoms with E-state index in [-0.39, 0.29) is 5.91 Å². The SMILES string of the molecule is CCOc1ccccc1-c1nnc(SCc2csc(N(C(C)=O)c3ccc(C)c(C)c3)n2)o1. The second kappa shape index (κ2) is 10.2. The number of amides is 1. The van der Waals surface area contributed by atoms with E-state index < -0.39 is 0 Å². The average molecular weight is 481 g/mol. The molecule has 9 heteroatoms. The quantitative estimate of drug-likeness (QED) is 0.278. The van der Waals surface area contributed by atoms with Crippen LogP contribution in [0, 0.1) is 13.8 Å². The molecule has 2 aromatic carbocycles. The number of ether oxygens (including phenoxy) is 1. The molecule has 0 saturated carbocycles. The summed E-state index contributed by atoms with van der Waals surface area (Å²) in [7, 11) is 0. The van der Waals surface area contributed by atoms with Crippen LogP contribution in [-0.2, 0) is 10.5 Å². The highest BCUT2D eigenvalue weighted by molar-refractivity contribution is 7.98. The van der Waals surface area contributed by atoms with Crippen LogP contribution in [0.15, 0.2) is 57.5 Å². The van der Waals surface area contributed by atoms with Crippen LogP contribution in [0.25, 0.3) is 11.5 Å². The van der Waals surface area contributed by atoms with Crippen molar-refractivity contribution in [3.63, 3.8) is 0 Å². The summed E-state index contributed by atoms with van der Waals surface area (Å²) in [6.07, 6.45) is 0. The Bertz CT molecular complexity index is 1270. The van der Waals surface area contributed by atoms with Crippen LogP contribution in [0.1, 0.15) is 30.7 Å². The standard InChI is InChI=1S/C24H24N4O3S2/c1-5-30-21-9-7-6-8-20(21)22-26-27-24(31-22)33-14-18-13-32-23(25-18)28(17(4)29)19-11-10-15(2)16(3)12-19/h6-13H,5,14H2,1-4H3. The Morgan fingerprint density at radius 1 is 1.15 bits per heavy atom. The zero-order chi connectivity index (χ0) is 23.4. The lowest BCUT2D eigenvalue weighted by atomic mass is 10.1. The molecule has 1 amide bonds. The van der Waals surface area contributed by atoms with Gasteiger partial charge in [0.05, 0.1) is 23.6 Å². The summed E-state index contributed by atoms with van der Waals surface area (Å²) in [6, 6.07) is 13.5. The van der Waals surface area contributed by atoms with Crippen LogP contribution < -0.4 is 9.64 Å². The van der Waals surface area contributed by atoms with Crippen molar-refractivity contribution in [3.8, 4) is 17.2 Å². The number of anilines is 2. The molecule has 0 unspecified atom stereocenters. The first-order valence-electron chi connectivity index (χ1n) is 10.5. The van der Waals surface area contributed by atoms with Gasteiger partial charge in [0.2, 0.25) is 5.91 Å². The number of aromatic nitrogens is 3. The van der Waals surface area contributed by atoms with Gasteiger partial charge in [-0.3, -0.25) is 9.69 Å². The van der Waals surface area contributed by atoms with E-state index in [0.29, 0.717) is 34.4 Å². The Kier molecular flexibility index (Phi) is 7.10. The molecule has 33 heavy (non-hydrogen) atoms. The van der Waals surface area contributed by atoms with Crippen LogP contribution in [0.3, 0.4) is 0 Å². The van der Waals surface area contributed by atoms with E-state index >= 15 is 0 Å². The first-order chi connectivity index (χ1) is 16.0. The van der Waals surface area contributed by atoms with Gasteiger partial charge in [-0.1, -0.05) is 30.0 Å². The second-order valence-corrected chi connectivity index (χ2v) is 9.10. The lowest BCUT2D eigenvalue weighted by molar-refractivity contribution is -0.115. The van der Waals surface area contributed by atoms with Gasteiger partial charge in [-0.25, -0.2) is 4.98 Å². The maximum Gasteiger partial charge on any atom is 0.277 e. The minimum atomic E-state index is -0.0821. The van der Waals surface area contributed by atoms with Crippen molar-refractivity contribution in [2.45, 2.75) is 38.7 Å². The van der Waals surface area contributed by atoms with E-state index in [1.54, 1.807) is 11.8 Å². The Labute approximate surface area is 200 Å². The molecule has 0 saturated heterocycles. The summed E-state index contributed by atoms with van der Waals surface area (Å²) < 4.78 is 11.5. The van der Waals surface area contributed by atoms with Crippen molar-refractivity contribution in [1.29, 1.82) is 0 Å². The molecular weight excluding hydrogens is 456 g/mol. The molecule has 0 bridgehead atoms. The average Bonchev–Trinajstić information content (AvgIpc) is 3.45. The third-order valence-electron chi connectivity index (χ3n) is 4.96. The summed E-state index contributed by atoms with van der Waals surface area (Å²) in [6.45, 7) is 8.12. The van der Waals surface area contributed by atoms with Crippen LogP contribution in [0.2, 0.25) is 0 Å². The van der Waals surface area contributed by atoms with E-state index in [4.69, 9.17) is 9.15 Å². The molecule has 0 atom stereocenters. The third kappa shape index (κ3) is 5.26. The molecule has 0 aliphatic rings. The number of carbonyl (C=O) groups excluding carboxylic acids is 1. The first-order valence-corrected chi connectivity index (χ1v) is 12.3. The van der Waals surface area contributed by atoms with E-state index in [1.807, 2.05) is 68.6 Å². The smallest absolute Gasteiger partial charge is 0.277 e. The molecule has 2 aromatic heterocycles. The van der Waals surface area contributed by atoms with Gasteiger partial charge >= 0.3 is 0 Å². The summed E-state index contributed by atoms with van der Waals surface area (Å²) in [4.78, 5) is 18.7. The van der Waals surface area contributed by atoms with Crippen molar-refractivity contribution >= 4 is 39.8 Å². The lowest BCUT2D eigenvalue weighted by Gasteiger charge is -2.19. The van der Waals surface area contributed by atoms with Gasteiger partial charge in [-0.05, 0) is 56.2 Å². The van der Waals surface area contributed by atoms with Gasteiger partial charge in [0.25, 0.3) is 11.1 Å². The van der Waals surface area contributed by atoms with Gasteiger partial charge in [-0.2, -0.15) is 0 Å². The number of hydrogen-bond donors (Lipinski definition) is 0. The minimum Gasteiger partial charge on any atom is -0.493 e. The van der Waals surface area contributed by atoms with Gasteiger partial charge in [0.1, 0.15) is 5.75 Å². The molecule has 0 fully saturated rings. The summed E-state index contributed by atoms with van der Waals surface area (Å²) in [5, 5.41) is 11.3. The zero-order valence-electron chi connectivity index (χ0n) is 18.9. The van der Waals surface area contributed by atoms with Gasteiger partial charge in [0.15, 0.2) is 5.13 Å². The molecule has 0 aliphatic heterocycles. The fourth-order valence-corrected chi connectivity index (χ4v) is 4.84. The number of thioether (sulfide) groups is 1. The Balaban J connectivity index is 1.47. The van der Waals surface area contributed by atoms with Crippen molar-refractivity contribution < 1.29 is 13.9 Å². The third-order valence-corrected chi connectivity index (χ3v) is 6.69. The molecule has 0 aliphatic carbocycles. The van der Waals surface area contributed by atoms with Crippen molar-refractivity contribution in [2.75, 3.05) is 11.5 Å². The van der Waals surface area contributed by atoms with Crippen LogP contribution in [-0.4, -0.2) is 27.7 Å². The van der Waals surface area contributed by atoms with Gasteiger partial charge in [-0.15, -0.1) is 21.5 Å². The molecule has 0 spiro atoms. The molecule has 7 nitrogen and oxygen atoms in total. The molecule has 0 N–H and O–H groups in total. The lowest BCUT2D eigenvalue weighted by Crippen LogP contribution is -2.22. The highest BCUT2D eigenvalue weighted by Crippen LogP contribution is 2.34. The Morgan fingerprint density at radius 2 is 1.97 bits per heavy atom. The number of hydrogen-bond acceptors (Lipinski definition) is 8. The van der Waals surface area contributed by atoms with Gasteiger partial charge < -0.3 is 9.15 Å². The summed E-state index contributed by atoms with van der Waals surface area (Å²) >= 11 is 2.83. The van der Waals surface area contributed by atoms with E-state index in [1.165, 1.54) is 28.7 Å². The number of aryl methyl sites for hydroxylation is 2. The van der Waals surface area contributed by atoms with Crippen LogP contribution in [0.4, 0.5) is 10.8 Å². The number of benzene rings is 2. The van der Waals surface area contributed by atoms with Crippen LogP contribution in [0.5, 0.6) is 5.75 Å². The minimum absolute atomic E-state index is 0.0821. The zero-order valence-corrected chi connectivity index (χ0v) is 20.5. The Hall–Kier alpha value is -3.17. The maximum atomic E-state index is 12.4. The second-order valence-electron chi connectivity index (χ2n) is 7.34. The summed E-state index contributed by atoms with van der Waals surface area (Å²) in [5.41, 5.74) is 4.73. The molecular formula is C24H24N4O3S2. The fourth-order valence-electron chi connectivity index (χ4n) is 3.19. The Morgan fingerprint density at radius 3 is 2.73 bits per heavy atom. The van der Waals surface area contributed by atoms with Crippen LogP contribution >= 0.6 is 23.1 Å². The first kappa shape index (κ1) is 23.0. The molecule has 170 valence electrons. The highest BCUT2D eigenvalue weighted by Gasteiger charge is 2.19. The molecule has 0 radical (unpaired) electrons. The highest BCUT2D eigenvalue weighted by atomic mass is 32.2. The predicted molar refractivity (Wildman–Crippen MR) is 131 cm³/mol. The predicted octanol–water partition coefficient (Wildman–Crippen LogP) is 6.19. The van der Waals surface area contributed by atoms with Crippen molar-refractivity contribution in [3.05, 3.63) is 64.7 Å². The largest absolute Gasteiger partial charge is 0.493 e. The number of rotatable bonds is 8. The van der Waals surface area contributed by atoms with E-state index in [9.17, 15) is 4.79 Å². The van der Waals surface area contributed by atoms with Gasteiger partial charge in [0, 0.05) is 18.1 Å². The molecule has 4 rings (SSSR count). The fraction of sp³-hybridized carbons (Fsp3) is 0.250. The van der Waals surface area contributed by atoms with Crippen molar-refractivity contribution in [2.24, 2.45) is 0 Å². The normalized spacial score (nSPS) is 10.9. The number of nitrogens with zero attached hydrogens (tertiary/aromatic N) is 4. The number of carbonyl (C=O) groups is 1. The monoisotopic (exact) mass is 480 g/mol. The molecule has 4 aromatic rings. The van der Waals surface area contributed by atoms with E-state index in [0.717, 1.165) is 22.5 Å². The topological polar surface area (TPSA) is 81.4 Å².